The number of carbonyl (C=O) groups is 1. The maximum atomic E-state index is 11.2. The highest BCUT2D eigenvalue weighted by Crippen LogP contribution is 2.13. The van der Waals surface area contributed by atoms with E-state index in [0.29, 0.717) is 0 Å². The van der Waals surface area contributed by atoms with Gasteiger partial charge in [0.1, 0.15) is 0 Å². The van der Waals surface area contributed by atoms with Gasteiger partial charge in [-0.1, -0.05) is 31.5 Å². The molecule has 0 bridgehead atoms. The van der Waals surface area contributed by atoms with Crippen molar-refractivity contribution in [2.24, 2.45) is 4.99 Å². The maximum Gasteiger partial charge on any atom is 0.311 e. The molecular formula is C13H17NO2. The van der Waals surface area contributed by atoms with Crippen molar-refractivity contribution in [3.8, 4) is 0 Å². The van der Waals surface area contributed by atoms with Gasteiger partial charge in [0.2, 0.25) is 0 Å². The third kappa shape index (κ3) is 4.26. The number of rotatable bonds is 5. The molecule has 1 rings (SSSR count). The fourth-order valence-corrected chi connectivity index (χ4v) is 1.40. The molecule has 0 spiro atoms. The van der Waals surface area contributed by atoms with Gasteiger partial charge in [-0.25, -0.2) is 0 Å². The molecule has 16 heavy (non-hydrogen) atoms. The average molecular weight is 219 g/mol. The number of ether oxygens (including phenoxy) is 1. The first-order chi connectivity index (χ1) is 7.76. The second kappa shape index (κ2) is 6.77. The van der Waals surface area contributed by atoms with Crippen LogP contribution in [0.2, 0.25) is 0 Å². The number of esters is 1. The van der Waals surface area contributed by atoms with Crippen molar-refractivity contribution >= 4 is 17.4 Å². The van der Waals surface area contributed by atoms with E-state index in [1.54, 1.807) is 0 Å². The Morgan fingerprint density at radius 2 is 2.00 bits per heavy atom. The van der Waals surface area contributed by atoms with E-state index in [1.807, 2.05) is 30.3 Å². The predicted molar refractivity (Wildman–Crippen MR) is 65.1 cm³/mol. The fraction of sp³-hybridized carbons (Fsp3) is 0.385. The molecule has 1 aromatic carbocycles. The number of hydrogen-bond donors (Lipinski definition) is 0. The van der Waals surface area contributed by atoms with Gasteiger partial charge in [-0.15, -0.1) is 0 Å². The predicted octanol–water partition coefficient (Wildman–Crippen LogP) is 3.12. The molecule has 0 amide bonds. The van der Waals surface area contributed by atoms with Gasteiger partial charge in [0.05, 0.1) is 19.2 Å². The number of hydrogen-bond acceptors (Lipinski definition) is 3. The number of nitrogens with zero attached hydrogens (tertiary/aromatic N) is 1. The zero-order valence-corrected chi connectivity index (χ0v) is 9.77. The van der Waals surface area contributed by atoms with Crippen LogP contribution in [0.5, 0.6) is 0 Å². The first-order valence-corrected chi connectivity index (χ1v) is 5.44. The molecule has 3 nitrogen and oxygen atoms in total. The zero-order chi connectivity index (χ0) is 11.8. The van der Waals surface area contributed by atoms with Crippen molar-refractivity contribution in [2.45, 2.75) is 26.2 Å². The van der Waals surface area contributed by atoms with Gasteiger partial charge in [0, 0.05) is 5.71 Å². The van der Waals surface area contributed by atoms with Crippen LogP contribution in [-0.4, -0.2) is 18.8 Å². The van der Waals surface area contributed by atoms with Crippen LogP contribution in [0.25, 0.3) is 0 Å². The van der Waals surface area contributed by atoms with Crippen LogP contribution < -0.4 is 0 Å². The first-order valence-electron chi connectivity index (χ1n) is 5.44. The van der Waals surface area contributed by atoms with Crippen molar-refractivity contribution in [2.75, 3.05) is 7.11 Å². The SMILES string of the molecule is CCCC(CC(=O)OC)=Nc1ccccc1. The molecule has 1 aromatic rings. The lowest BCUT2D eigenvalue weighted by Gasteiger charge is -2.04. The molecule has 0 heterocycles. The van der Waals surface area contributed by atoms with Crippen molar-refractivity contribution < 1.29 is 9.53 Å². The summed E-state index contributed by atoms with van der Waals surface area (Å²) < 4.78 is 4.64. The molecule has 0 radical (unpaired) electrons. The summed E-state index contributed by atoms with van der Waals surface area (Å²) in [7, 11) is 1.40. The van der Waals surface area contributed by atoms with E-state index in [4.69, 9.17) is 0 Å². The molecule has 0 unspecified atom stereocenters. The van der Waals surface area contributed by atoms with Crippen LogP contribution in [0.4, 0.5) is 5.69 Å². The average Bonchev–Trinajstić information content (AvgIpc) is 2.30. The van der Waals surface area contributed by atoms with Crippen LogP contribution >= 0.6 is 0 Å². The summed E-state index contributed by atoms with van der Waals surface area (Å²) in [6.45, 7) is 2.07. The molecule has 0 aliphatic rings. The number of methoxy groups -OCH3 is 1. The number of benzene rings is 1. The van der Waals surface area contributed by atoms with Crippen LogP contribution in [0.3, 0.4) is 0 Å². The van der Waals surface area contributed by atoms with Gasteiger partial charge in [0.15, 0.2) is 0 Å². The Bertz CT molecular complexity index is 357. The summed E-state index contributed by atoms with van der Waals surface area (Å²) in [4.78, 5) is 15.6. The minimum atomic E-state index is -0.233. The lowest BCUT2D eigenvalue weighted by Crippen LogP contribution is -2.08. The van der Waals surface area contributed by atoms with Crippen molar-refractivity contribution in [3.05, 3.63) is 30.3 Å². The summed E-state index contributed by atoms with van der Waals surface area (Å²) in [6, 6.07) is 9.65. The molecule has 0 atom stereocenters. The van der Waals surface area contributed by atoms with Crippen molar-refractivity contribution in [1.82, 2.24) is 0 Å². The lowest BCUT2D eigenvalue weighted by atomic mass is 10.1. The molecule has 3 heteroatoms. The molecule has 0 aromatic heterocycles. The van der Waals surface area contributed by atoms with Gasteiger partial charge in [-0.2, -0.15) is 0 Å². The Labute approximate surface area is 96.2 Å². The van der Waals surface area contributed by atoms with E-state index in [9.17, 15) is 4.79 Å². The Morgan fingerprint density at radius 3 is 2.56 bits per heavy atom. The molecule has 0 saturated heterocycles. The fourth-order valence-electron chi connectivity index (χ4n) is 1.40. The second-order valence-electron chi connectivity index (χ2n) is 3.52. The van der Waals surface area contributed by atoms with E-state index in [0.717, 1.165) is 24.2 Å². The van der Waals surface area contributed by atoms with Crippen molar-refractivity contribution in [3.63, 3.8) is 0 Å². The van der Waals surface area contributed by atoms with E-state index in [1.165, 1.54) is 7.11 Å². The second-order valence-corrected chi connectivity index (χ2v) is 3.52. The number of aliphatic imine (C=N–C) groups is 1. The minimum Gasteiger partial charge on any atom is -0.469 e. The molecular weight excluding hydrogens is 202 g/mol. The molecule has 0 fully saturated rings. The summed E-state index contributed by atoms with van der Waals surface area (Å²) in [6.07, 6.45) is 2.08. The highest BCUT2D eigenvalue weighted by molar-refractivity contribution is 6.00. The van der Waals surface area contributed by atoms with Gasteiger partial charge < -0.3 is 4.74 Å². The highest BCUT2D eigenvalue weighted by atomic mass is 16.5. The Kier molecular flexibility index (Phi) is 5.26. The van der Waals surface area contributed by atoms with Gasteiger partial charge in [-0.3, -0.25) is 9.79 Å². The van der Waals surface area contributed by atoms with Crippen LogP contribution in [0, 0.1) is 0 Å². The monoisotopic (exact) mass is 219 g/mol. The van der Waals surface area contributed by atoms with E-state index in [2.05, 4.69) is 16.7 Å². The van der Waals surface area contributed by atoms with Gasteiger partial charge in [-0.05, 0) is 18.6 Å². The summed E-state index contributed by atoms with van der Waals surface area (Å²) in [5.41, 5.74) is 1.76. The third-order valence-corrected chi connectivity index (χ3v) is 2.16. The summed E-state index contributed by atoms with van der Waals surface area (Å²) in [5, 5.41) is 0. The lowest BCUT2D eigenvalue weighted by molar-refractivity contribution is -0.139. The summed E-state index contributed by atoms with van der Waals surface area (Å²) in [5.74, 6) is -0.233. The minimum absolute atomic E-state index is 0.233. The first kappa shape index (κ1) is 12.4. The molecule has 0 saturated carbocycles. The van der Waals surface area contributed by atoms with Crippen molar-refractivity contribution in [1.29, 1.82) is 0 Å². The smallest absolute Gasteiger partial charge is 0.311 e. The van der Waals surface area contributed by atoms with Gasteiger partial charge in [0.25, 0.3) is 0 Å². The van der Waals surface area contributed by atoms with E-state index in [-0.39, 0.29) is 12.4 Å². The largest absolute Gasteiger partial charge is 0.469 e. The van der Waals surface area contributed by atoms with Crippen LogP contribution in [-0.2, 0) is 9.53 Å². The number of para-hydroxylation sites is 1. The highest BCUT2D eigenvalue weighted by Gasteiger charge is 2.06. The summed E-state index contributed by atoms with van der Waals surface area (Å²) >= 11 is 0. The molecule has 0 N–H and O–H groups in total. The maximum absolute atomic E-state index is 11.2. The Morgan fingerprint density at radius 1 is 1.31 bits per heavy atom. The molecule has 0 aliphatic heterocycles. The standard InChI is InChI=1S/C13H17NO2/c1-3-7-12(10-13(15)16-2)14-11-8-5-4-6-9-11/h4-6,8-9H,3,7,10H2,1-2H3. The van der Waals surface area contributed by atoms with Crippen LogP contribution in [0.15, 0.2) is 35.3 Å². The topological polar surface area (TPSA) is 38.7 Å². The number of carbonyl (C=O) groups excluding carboxylic acids is 1. The Hall–Kier alpha value is -1.64. The zero-order valence-electron chi connectivity index (χ0n) is 9.77. The molecule has 0 aliphatic carbocycles. The molecule has 86 valence electrons. The van der Waals surface area contributed by atoms with E-state index < -0.39 is 0 Å². The van der Waals surface area contributed by atoms with E-state index >= 15 is 0 Å². The Balaban J connectivity index is 2.76. The quantitative estimate of drug-likeness (QED) is 0.563. The normalized spacial score (nSPS) is 11.2. The van der Waals surface area contributed by atoms with Crippen LogP contribution in [0.1, 0.15) is 26.2 Å². The third-order valence-electron chi connectivity index (χ3n) is 2.16. The van der Waals surface area contributed by atoms with Gasteiger partial charge >= 0.3 is 5.97 Å².